The zero-order chi connectivity index (χ0) is 10.4. The average molecular weight is 211 g/mol. The first kappa shape index (κ1) is 11.6. The van der Waals surface area contributed by atoms with Gasteiger partial charge in [0.25, 0.3) is 0 Å². The van der Waals surface area contributed by atoms with Crippen molar-refractivity contribution in [3.8, 4) is 11.8 Å². The van der Waals surface area contributed by atoms with Crippen LogP contribution in [0.25, 0.3) is 0 Å². The molecule has 1 heterocycles. The number of rotatable bonds is 3. The van der Waals surface area contributed by atoms with E-state index in [9.17, 15) is 4.79 Å². The van der Waals surface area contributed by atoms with Crippen molar-refractivity contribution in [2.45, 2.75) is 25.8 Å². The van der Waals surface area contributed by atoms with Gasteiger partial charge in [-0.2, -0.15) is 11.8 Å². The molecule has 0 aromatic heterocycles. The van der Waals surface area contributed by atoms with E-state index < -0.39 is 0 Å². The molecular weight excluding hydrogens is 194 g/mol. The van der Waals surface area contributed by atoms with Gasteiger partial charge in [0.1, 0.15) is 0 Å². The van der Waals surface area contributed by atoms with Gasteiger partial charge in [-0.05, 0) is 14.0 Å². The Morgan fingerprint density at radius 1 is 1.64 bits per heavy atom. The molecule has 0 radical (unpaired) electrons. The summed E-state index contributed by atoms with van der Waals surface area (Å²) < 4.78 is 0. The first-order valence-electron chi connectivity index (χ1n) is 4.96. The predicted molar refractivity (Wildman–Crippen MR) is 61.4 cm³/mol. The van der Waals surface area contributed by atoms with Gasteiger partial charge < -0.3 is 0 Å². The molecule has 0 aromatic carbocycles. The number of carbonyl (C=O) groups excluding carboxylic acids is 1. The zero-order valence-corrected chi connectivity index (χ0v) is 9.69. The third-order valence-corrected chi connectivity index (χ3v) is 3.46. The summed E-state index contributed by atoms with van der Waals surface area (Å²) in [5, 5.41) is 0. The third-order valence-electron chi connectivity index (χ3n) is 2.44. The largest absolute Gasteiger partial charge is 0.298 e. The van der Waals surface area contributed by atoms with Gasteiger partial charge in [0.15, 0.2) is 5.78 Å². The summed E-state index contributed by atoms with van der Waals surface area (Å²) in [6.07, 6.45) is 1.32. The highest BCUT2D eigenvalue weighted by molar-refractivity contribution is 7.99. The van der Waals surface area contributed by atoms with Crippen molar-refractivity contribution in [2.24, 2.45) is 0 Å². The van der Waals surface area contributed by atoms with Crippen LogP contribution in [0.5, 0.6) is 0 Å². The fourth-order valence-electron chi connectivity index (χ4n) is 1.50. The van der Waals surface area contributed by atoms with Gasteiger partial charge in [-0.3, -0.25) is 9.69 Å². The molecule has 1 saturated heterocycles. The van der Waals surface area contributed by atoms with Crippen LogP contribution >= 0.6 is 11.8 Å². The number of Topliss-reactive ketones (excluding diaryl/α,β-unsaturated/α-hetero) is 1. The minimum atomic E-state index is 0.132. The quantitative estimate of drug-likeness (QED) is 0.658. The van der Waals surface area contributed by atoms with Crippen molar-refractivity contribution in [3.63, 3.8) is 0 Å². The highest BCUT2D eigenvalue weighted by Gasteiger charge is 2.25. The summed E-state index contributed by atoms with van der Waals surface area (Å²) in [7, 11) is 2.04. The normalized spacial score (nSPS) is 22.6. The van der Waals surface area contributed by atoms with Crippen molar-refractivity contribution in [1.29, 1.82) is 0 Å². The minimum Gasteiger partial charge on any atom is -0.298 e. The molecule has 1 aliphatic rings. The van der Waals surface area contributed by atoms with Gasteiger partial charge in [-0.15, -0.1) is 11.8 Å². The molecule has 0 spiro atoms. The van der Waals surface area contributed by atoms with E-state index >= 15 is 0 Å². The number of ketones is 1. The van der Waals surface area contributed by atoms with Crippen LogP contribution in [0, 0.1) is 11.8 Å². The highest BCUT2D eigenvalue weighted by Crippen LogP contribution is 2.16. The summed E-state index contributed by atoms with van der Waals surface area (Å²) in [5.41, 5.74) is 0. The first-order chi connectivity index (χ1) is 6.75. The number of nitrogens with zero attached hydrogens (tertiary/aromatic N) is 1. The Kier molecular flexibility index (Phi) is 5.06. The summed E-state index contributed by atoms with van der Waals surface area (Å²) in [6, 6.07) is 0.132. The minimum absolute atomic E-state index is 0.132. The maximum Gasteiger partial charge on any atom is 0.151 e. The van der Waals surface area contributed by atoms with Gasteiger partial charge in [-0.1, -0.05) is 0 Å². The molecule has 0 amide bonds. The standard InChI is InChI=1S/C11H17NOS/c1-3-4-5-6-11(13)10-9-14-8-7-12(10)2/h10H,5-9H2,1-2H3. The van der Waals surface area contributed by atoms with Gasteiger partial charge in [0.2, 0.25) is 0 Å². The number of hydrogen-bond acceptors (Lipinski definition) is 3. The Bertz CT molecular complexity index is 254. The molecule has 1 aliphatic heterocycles. The summed E-state index contributed by atoms with van der Waals surface area (Å²) >= 11 is 1.88. The van der Waals surface area contributed by atoms with Crippen molar-refractivity contribution < 1.29 is 4.79 Å². The molecule has 14 heavy (non-hydrogen) atoms. The van der Waals surface area contributed by atoms with Crippen LogP contribution in [-0.2, 0) is 4.79 Å². The average Bonchev–Trinajstić information content (AvgIpc) is 2.18. The Morgan fingerprint density at radius 2 is 2.43 bits per heavy atom. The lowest BCUT2D eigenvalue weighted by molar-refractivity contribution is -0.123. The first-order valence-corrected chi connectivity index (χ1v) is 6.11. The number of thioether (sulfide) groups is 1. The van der Waals surface area contributed by atoms with Crippen LogP contribution in [0.2, 0.25) is 0 Å². The van der Waals surface area contributed by atoms with Crippen molar-refractivity contribution in [3.05, 3.63) is 0 Å². The number of hydrogen-bond donors (Lipinski definition) is 0. The molecule has 1 atom stereocenters. The Morgan fingerprint density at radius 3 is 3.07 bits per heavy atom. The van der Waals surface area contributed by atoms with E-state index in [2.05, 4.69) is 16.7 Å². The monoisotopic (exact) mass is 211 g/mol. The lowest BCUT2D eigenvalue weighted by Crippen LogP contribution is -2.44. The topological polar surface area (TPSA) is 20.3 Å². The van der Waals surface area contributed by atoms with Crippen LogP contribution in [0.4, 0.5) is 0 Å². The van der Waals surface area contributed by atoms with E-state index in [-0.39, 0.29) is 6.04 Å². The van der Waals surface area contributed by atoms with Crippen LogP contribution in [-0.4, -0.2) is 41.8 Å². The van der Waals surface area contributed by atoms with Gasteiger partial charge in [0.05, 0.1) is 6.04 Å². The maximum atomic E-state index is 11.8. The van der Waals surface area contributed by atoms with E-state index in [1.807, 2.05) is 25.7 Å². The SMILES string of the molecule is CC#CCCC(=O)C1CSCCN1C. The highest BCUT2D eigenvalue weighted by atomic mass is 32.2. The zero-order valence-electron chi connectivity index (χ0n) is 8.88. The number of carbonyl (C=O) groups is 1. The lowest BCUT2D eigenvalue weighted by atomic mass is 10.1. The van der Waals surface area contributed by atoms with E-state index in [1.54, 1.807) is 0 Å². The second-order valence-corrected chi connectivity index (χ2v) is 4.61. The van der Waals surface area contributed by atoms with Crippen molar-refractivity contribution >= 4 is 17.5 Å². The van der Waals surface area contributed by atoms with E-state index in [0.29, 0.717) is 18.6 Å². The lowest BCUT2D eigenvalue weighted by Gasteiger charge is -2.30. The Labute approximate surface area is 90.4 Å². The molecule has 1 rings (SSSR count). The maximum absolute atomic E-state index is 11.8. The van der Waals surface area contributed by atoms with Crippen LogP contribution in [0.1, 0.15) is 19.8 Å². The van der Waals surface area contributed by atoms with Crippen LogP contribution < -0.4 is 0 Å². The van der Waals surface area contributed by atoms with E-state index in [0.717, 1.165) is 18.1 Å². The van der Waals surface area contributed by atoms with Crippen LogP contribution in [0.15, 0.2) is 0 Å². The molecule has 0 aliphatic carbocycles. The molecule has 78 valence electrons. The Balaban J connectivity index is 2.36. The molecule has 1 fully saturated rings. The molecule has 3 heteroatoms. The molecule has 0 saturated carbocycles. The second kappa shape index (κ2) is 6.10. The van der Waals surface area contributed by atoms with Crippen molar-refractivity contribution in [1.82, 2.24) is 4.90 Å². The molecule has 0 bridgehead atoms. The van der Waals surface area contributed by atoms with Gasteiger partial charge in [-0.25, -0.2) is 0 Å². The van der Waals surface area contributed by atoms with Crippen LogP contribution in [0.3, 0.4) is 0 Å². The fourth-order valence-corrected chi connectivity index (χ4v) is 2.75. The summed E-state index contributed by atoms with van der Waals surface area (Å²) in [4.78, 5) is 13.9. The van der Waals surface area contributed by atoms with E-state index in [1.165, 1.54) is 0 Å². The van der Waals surface area contributed by atoms with Gasteiger partial charge >= 0.3 is 0 Å². The second-order valence-electron chi connectivity index (χ2n) is 3.46. The Hall–Kier alpha value is -0.460. The summed E-state index contributed by atoms with van der Waals surface area (Å²) in [5.74, 6) is 8.20. The molecule has 2 nitrogen and oxygen atoms in total. The number of likely N-dealkylation sites (N-methyl/N-ethyl adjacent to an activating group) is 1. The molecule has 0 aromatic rings. The van der Waals surface area contributed by atoms with E-state index in [4.69, 9.17) is 0 Å². The molecular formula is C11H17NOS. The predicted octanol–water partition coefficient (Wildman–Crippen LogP) is 1.41. The van der Waals surface area contributed by atoms with Crippen molar-refractivity contribution in [2.75, 3.05) is 25.1 Å². The molecule has 0 N–H and O–H groups in total. The fraction of sp³-hybridized carbons (Fsp3) is 0.727. The smallest absolute Gasteiger partial charge is 0.151 e. The third kappa shape index (κ3) is 3.36. The molecule has 1 unspecified atom stereocenters. The van der Waals surface area contributed by atoms with Gasteiger partial charge in [0, 0.05) is 30.9 Å². The summed E-state index contributed by atoms with van der Waals surface area (Å²) in [6.45, 7) is 2.84.